The van der Waals surface area contributed by atoms with Gasteiger partial charge in [-0.1, -0.05) is 43.7 Å². The van der Waals surface area contributed by atoms with Gasteiger partial charge in [-0.15, -0.1) is 0 Å². The molecule has 0 saturated carbocycles. The van der Waals surface area contributed by atoms with E-state index in [1.54, 1.807) is 0 Å². The first-order valence-electron chi connectivity index (χ1n) is 6.89. The standard InChI is InChI=1S/C17H21NO/c1-2-6-15-9-11-16(12-10-15)18-13-14-19-17-7-4-3-5-8-17/h3-5,7-12,18H,2,6,13-14H2,1H3. The number of benzene rings is 2. The molecule has 100 valence electrons. The minimum atomic E-state index is 0.667. The molecule has 0 unspecified atom stereocenters. The Hall–Kier alpha value is -1.96. The maximum absolute atomic E-state index is 5.63. The number of nitrogens with one attached hydrogen (secondary N) is 1. The smallest absolute Gasteiger partial charge is 0.119 e. The quantitative estimate of drug-likeness (QED) is 0.751. The van der Waals surface area contributed by atoms with Crippen molar-refractivity contribution in [1.29, 1.82) is 0 Å². The van der Waals surface area contributed by atoms with Gasteiger partial charge in [-0.25, -0.2) is 0 Å². The molecular weight excluding hydrogens is 234 g/mol. The van der Waals surface area contributed by atoms with Crippen molar-refractivity contribution in [2.45, 2.75) is 19.8 Å². The van der Waals surface area contributed by atoms with E-state index >= 15 is 0 Å². The van der Waals surface area contributed by atoms with E-state index in [9.17, 15) is 0 Å². The number of para-hydroxylation sites is 1. The van der Waals surface area contributed by atoms with Gasteiger partial charge in [-0.05, 0) is 36.2 Å². The first kappa shape index (κ1) is 13.5. The molecule has 2 rings (SSSR count). The Balaban J connectivity index is 1.70. The molecule has 19 heavy (non-hydrogen) atoms. The van der Waals surface area contributed by atoms with E-state index < -0.39 is 0 Å². The Labute approximate surface area is 115 Å². The summed E-state index contributed by atoms with van der Waals surface area (Å²) in [5.41, 5.74) is 2.55. The van der Waals surface area contributed by atoms with E-state index in [0.717, 1.165) is 24.4 Å². The molecule has 0 fully saturated rings. The fourth-order valence-electron chi connectivity index (χ4n) is 1.96. The predicted molar refractivity (Wildman–Crippen MR) is 80.9 cm³/mol. The maximum Gasteiger partial charge on any atom is 0.119 e. The molecule has 0 aliphatic rings. The fraction of sp³-hybridized carbons (Fsp3) is 0.294. The van der Waals surface area contributed by atoms with E-state index in [0.29, 0.717) is 6.61 Å². The molecule has 0 heterocycles. The lowest BCUT2D eigenvalue weighted by molar-refractivity contribution is 0.333. The Bertz CT molecular complexity index is 464. The molecule has 2 nitrogen and oxygen atoms in total. The second-order valence-corrected chi connectivity index (χ2v) is 4.54. The van der Waals surface area contributed by atoms with Crippen molar-refractivity contribution in [3.63, 3.8) is 0 Å². The number of aryl methyl sites for hydroxylation is 1. The van der Waals surface area contributed by atoms with Crippen molar-refractivity contribution in [3.8, 4) is 5.75 Å². The van der Waals surface area contributed by atoms with Crippen LogP contribution in [0.15, 0.2) is 54.6 Å². The van der Waals surface area contributed by atoms with Crippen molar-refractivity contribution in [2.24, 2.45) is 0 Å². The van der Waals surface area contributed by atoms with E-state index in [4.69, 9.17) is 4.74 Å². The summed E-state index contributed by atoms with van der Waals surface area (Å²) < 4.78 is 5.63. The summed E-state index contributed by atoms with van der Waals surface area (Å²) >= 11 is 0. The monoisotopic (exact) mass is 255 g/mol. The maximum atomic E-state index is 5.63. The average molecular weight is 255 g/mol. The van der Waals surface area contributed by atoms with Gasteiger partial charge in [0.05, 0.1) is 0 Å². The lowest BCUT2D eigenvalue weighted by Crippen LogP contribution is -2.11. The van der Waals surface area contributed by atoms with Crippen molar-refractivity contribution < 1.29 is 4.74 Å². The summed E-state index contributed by atoms with van der Waals surface area (Å²) in [6.07, 6.45) is 2.34. The average Bonchev–Trinajstić information content (AvgIpc) is 2.47. The van der Waals surface area contributed by atoms with Crippen LogP contribution in [-0.4, -0.2) is 13.2 Å². The Morgan fingerprint density at radius 1 is 0.947 bits per heavy atom. The van der Waals surface area contributed by atoms with Crippen LogP contribution in [0.3, 0.4) is 0 Å². The van der Waals surface area contributed by atoms with Crippen LogP contribution in [-0.2, 0) is 6.42 Å². The third kappa shape index (κ3) is 4.66. The number of hydrogen-bond donors (Lipinski definition) is 1. The van der Waals surface area contributed by atoms with Gasteiger partial charge >= 0.3 is 0 Å². The molecular formula is C17H21NO. The third-order valence-electron chi connectivity index (χ3n) is 2.94. The zero-order valence-corrected chi connectivity index (χ0v) is 11.4. The van der Waals surface area contributed by atoms with Gasteiger partial charge < -0.3 is 10.1 Å². The van der Waals surface area contributed by atoms with Gasteiger partial charge in [-0.2, -0.15) is 0 Å². The molecule has 2 heteroatoms. The Morgan fingerprint density at radius 3 is 2.37 bits per heavy atom. The van der Waals surface area contributed by atoms with Gasteiger partial charge in [0.2, 0.25) is 0 Å². The van der Waals surface area contributed by atoms with Crippen LogP contribution in [0.4, 0.5) is 5.69 Å². The van der Waals surface area contributed by atoms with E-state index in [1.807, 2.05) is 30.3 Å². The molecule has 0 aliphatic carbocycles. The number of ether oxygens (including phenoxy) is 1. The molecule has 2 aromatic rings. The van der Waals surface area contributed by atoms with Gasteiger partial charge in [0.15, 0.2) is 0 Å². The Morgan fingerprint density at radius 2 is 1.68 bits per heavy atom. The Kier molecular flexibility index (Phi) is 5.30. The summed E-state index contributed by atoms with van der Waals surface area (Å²) in [6.45, 7) is 3.68. The lowest BCUT2D eigenvalue weighted by Gasteiger charge is -2.09. The van der Waals surface area contributed by atoms with Crippen LogP contribution < -0.4 is 10.1 Å². The molecule has 2 aromatic carbocycles. The summed E-state index contributed by atoms with van der Waals surface area (Å²) in [4.78, 5) is 0. The molecule has 0 aliphatic heterocycles. The highest BCUT2D eigenvalue weighted by molar-refractivity contribution is 5.44. The van der Waals surface area contributed by atoms with Crippen molar-refractivity contribution >= 4 is 5.69 Å². The topological polar surface area (TPSA) is 21.3 Å². The zero-order valence-electron chi connectivity index (χ0n) is 11.4. The van der Waals surface area contributed by atoms with Crippen molar-refractivity contribution in [3.05, 3.63) is 60.2 Å². The molecule has 0 bridgehead atoms. The number of anilines is 1. The molecule has 0 aromatic heterocycles. The largest absolute Gasteiger partial charge is 0.492 e. The van der Waals surface area contributed by atoms with E-state index in [2.05, 4.69) is 36.5 Å². The second-order valence-electron chi connectivity index (χ2n) is 4.54. The molecule has 0 spiro atoms. The summed E-state index contributed by atoms with van der Waals surface area (Å²) in [7, 11) is 0. The minimum Gasteiger partial charge on any atom is -0.492 e. The van der Waals surface area contributed by atoms with Gasteiger partial charge in [0.25, 0.3) is 0 Å². The van der Waals surface area contributed by atoms with Crippen LogP contribution in [0.2, 0.25) is 0 Å². The van der Waals surface area contributed by atoms with Crippen molar-refractivity contribution in [1.82, 2.24) is 0 Å². The molecule has 1 N–H and O–H groups in total. The van der Waals surface area contributed by atoms with Gasteiger partial charge in [0.1, 0.15) is 12.4 Å². The molecule has 0 saturated heterocycles. The SMILES string of the molecule is CCCc1ccc(NCCOc2ccccc2)cc1. The van der Waals surface area contributed by atoms with Crippen LogP contribution in [0.5, 0.6) is 5.75 Å². The lowest BCUT2D eigenvalue weighted by atomic mass is 10.1. The highest BCUT2D eigenvalue weighted by Gasteiger charge is 1.95. The van der Waals surface area contributed by atoms with Crippen molar-refractivity contribution in [2.75, 3.05) is 18.5 Å². The highest BCUT2D eigenvalue weighted by atomic mass is 16.5. The third-order valence-corrected chi connectivity index (χ3v) is 2.94. The number of rotatable bonds is 7. The van der Waals surface area contributed by atoms with Crippen LogP contribution in [0.25, 0.3) is 0 Å². The highest BCUT2D eigenvalue weighted by Crippen LogP contribution is 2.11. The summed E-state index contributed by atoms with van der Waals surface area (Å²) in [5.74, 6) is 0.919. The fourth-order valence-corrected chi connectivity index (χ4v) is 1.96. The summed E-state index contributed by atoms with van der Waals surface area (Å²) in [6, 6.07) is 18.5. The first-order chi connectivity index (χ1) is 9.38. The minimum absolute atomic E-state index is 0.667. The van der Waals surface area contributed by atoms with Crippen LogP contribution >= 0.6 is 0 Å². The van der Waals surface area contributed by atoms with Gasteiger partial charge in [-0.3, -0.25) is 0 Å². The summed E-state index contributed by atoms with van der Waals surface area (Å²) in [5, 5.41) is 3.36. The number of hydrogen-bond acceptors (Lipinski definition) is 2. The van der Waals surface area contributed by atoms with E-state index in [1.165, 1.54) is 12.0 Å². The normalized spacial score (nSPS) is 10.2. The van der Waals surface area contributed by atoms with Crippen LogP contribution in [0, 0.1) is 0 Å². The molecule has 0 atom stereocenters. The first-order valence-corrected chi connectivity index (χ1v) is 6.89. The predicted octanol–water partition coefficient (Wildman–Crippen LogP) is 4.13. The molecule has 0 radical (unpaired) electrons. The molecule has 0 amide bonds. The van der Waals surface area contributed by atoms with Crippen LogP contribution in [0.1, 0.15) is 18.9 Å². The van der Waals surface area contributed by atoms with Gasteiger partial charge in [0, 0.05) is 12.2 Å². The zero-order chi connectivity index (χ0) is 13.3. The second kappa shape index (κ2) is 7.47. The van der Waals surface area contributed by atoms with E-state index in [-0.39, 0.29) is 0 Å².